The van der Waals surface area contributed by atoms with Crippen LogP contribution >= 0.6 is 56.2 Å². The van der Waals surface area contributed by atoms with Crippen LogP contribution in [0.3, 0.4) is 0 Å². The molecule has 0 N–H and O–H groups in total. The highest BCUT2D eigenvalue weighted by Crippen LogP contribution is 2.28. The van der Waals surface area contributed by atoms with E-state index in [2.05, 4.69) is 21.4 Å². The van der Waals surface area contributed by atoms with Crippen molar-refractivity contribution in [2.45, 2.75) is 0 Å². The molecule has 1 aromatic rings. The Hall–Kier alpha value is 0.620. The van der Waals surface area contributed by atoms with Crippen LogP contribution < -0.4 is 0 Å². The Balaban J connectivity index is 0.000000292. The van der Waals surface area contributed by atoms with E-state index in [1.165, 1.54) is 0 Å². The zero-order valence-electron chi connectivity index (χ0n) is 6.35. The van der Waals surface area contributed by atoms with Gasteiger partial charge in [0.05, 0.1) is 15.1 Å². The fourth-order valence-electron chi connectivity index (χ4n) is 0.477. The summed E-state index contributed by atoms with van der Waals surface area (Å²) in [5, 5.41) is 1.40. The molecular formula is C6H3Cl5O2S. The Morgan fingerprint density at radius 3 is 1.43 bits per heavy atom. The number of benzene rings is 1. The number of rotatable bonds is 0. The summed E-state index contributed by atoms with van der Waals surface area (Å²) in [5.74, 6) is 0. The van der Waals surface area contributed by atoms with E-state index in [-0.39, 0.29) is 0 Å². The van der Waals surface area contributed by atoms with Gasteiger partial charge in [-0.05, 0) is 12.1 Å². The third-order valence-electron chi connectivity index (χ3n) is 0.904. The van der Waals surface area contributed by atoms with Gasteiger partial charge in [-0.15, -0.1) is 0 Å². The van der Waals surface area contributed by atoms with E-state index >= 15 is 0 Å². The van der Waals surface area contributed by atoms with Gasteiger partial charge in [0.1, 0.15) is 0 Å². The molecule has 0 fully saturated rings. The maximum atomic E-state index is 9.16. The quantitative estimate of drug-likeness (QED) is 0.526. The molecule has 0 unspecified atom stereocenters. The van der Waals surface area contributed by atoms with Crippen LogP contribution in [0.4, 0.5) is 0 Å². The minimum atomic E-state index is -3.72. The molecule has 0 atom stereocenters. The van der Waals surface area contributed by atoms with E-state index in [0.29, 0.717) is 15.1 Å². The van der Waals surface area contributed by atoms with E-state index in [4.69, 9.17) is 43.2 Å². The first-order valence-corrected chi connectivity index (χ1v) is 7.22. The highest BCUT2D eigenvalue weighted by molar-refractivity contribution is 8.31. The van der Waals surface area contributed by atoms with Crippen LogP contribution in [-0.4, -0.2) is 8.42 Å². The zero-order chi connectivity index (χ0) is 11.4. The zero-order valence-corrected chi connectivity index (χ0v) is 10.9. The van der Waals surface area contributed by atoms with E-state index in [1.807, 2.05) is 0 Å². The van der Waals surface area contributed by atoms with E-state index < -0.39 is 8.26 Å². The second-order valence-corrected chi connectivity index (χ2v) is 6.77. The van der Waals surface area contributed by atoms with Crippen molar-refractivity contribution >= 4 is 64.4 Å². The van der Waals surface area contributed by atoms with Crippen molar-refractivity contribution in [2.75, 3.05) is 0 Å². The van der Waals surface area contributed by atoms with Gasteiger partial charge in [0.25, 0.3) is 0 Å². The summed E-state index contributed by atoms with van der Waals surface area (Å²) in [7, 11) is 4.81. The first kappa shape index (κ1) is 14.6. The molecule has 1 rings (SSSR count). The minimum absolute atomic E-state index is 0.417. The molecule has 0 amide bonds. The van der Waals surface area contributed by atoms with E-state index in [1.54, 1.807) is 18.2 Å². The lowest BCUT2D eigenvalue weighted by atomic mass is 10.4. The number of hydrogen-bond acceptors (Lipinski definition) is 2. The van der Waals surface area contributed by atoms with Crippen molar-refractivity contribution in [3.8, 4) is 0 Å². The minimum Gasteiger partial charge on any atom is -0.195 e. The lowest BCUT2D eigenvalue weighted by Crippen LogP contribution is -1.67. The topological polar surface area (TPSA) is 34.1 Å². The molecule has 1 aromatic carbocycles. The third kappa shape index (κ3) is 7.97. The van der Waals surface area contributed by atoms with Gasteiger partial charge in [-0.3, -0.25) is 0 Å². The smallest absolute Gasteiger partial charge is 0.195 e. The first-order valence-electron chi connectivity index (χ1n) is 2.95. The predicted octanol–water partition coefficient (Wildman–Crippen LogP) is 4.36. The Morgan fingerprint density at radius 2 is 1.21 bits per heavy atom. The van der Waals surface area contributed by atoms with Crippen LogP contribution in [-0.2, 0) is 8.26 Å². The average Bonchev–Trinajstić information content (AvgIpc) is 1.97. The Morgan fingerprint density at radius 1 is 0.929 bits per heavy atom. The molecule has 0 aliphatic heterocycles. The monoisotopic (exact) mass is 314 g/mol. The number of halogens is 5. The molecule has 0 saturated heterocycles. The molecule has 0 spiro atoms. The maximum Gasteiger partial charge on any atom is 0.317 e. The lowest BCUT2D eigenvalue weighted by molar-refractivity contribution is 0.621. The van der Waals surface area contributed by atoms with Crippen molar-refractivity contribution in [3.05, 3.63) is 33.3 Å². The molecule has 0 radical (unpaired) electrons. The van der Waals surface area contributed by atoms with E-state index in [9.17, 15) is 0 Å². The van der Waals surface area contributed by atoms with Gasteiger partial charge in [-0.2, -0.15) is 8.42 Å². The Labute approximate surface area is 106 Å². The Kier molecular flexibility index (Phi) is 6.53. The standard InChI is InChI=1S/C6H3Cl3.Cl2O2S/c7-4-2-1-3-5(8)6(4)9;1-5(2,3)4/h1-3H;. The van der Waals surface area contributed by atoms with Gasteiger partial charge in [0.15, 0.2) is 0 Å². The fraction of sp³-hybridized carbons (Fsp3) is 0. The SMILES string of the molecule is Clc1cccc(Cl)c1Cl.O=S(=O)(Cl)Cl. The summed E-state index contributed by atoms with van der Waals surface area (Å²) in [4.78, 5) is 0. The molecule has 0 aliphatic carbocycles. The molecule has 0 aliphatic rings. The second-order valence-electron chi connectivity index (χ2n) is 1.91. The van der Waals surface area contributed by atoms with Gasteiger partial charge in [0, 0.05) is 21.4 Å². The summed E-state index contributed by atoms with van der Waals surface area (Å²) in [6, 6.07) is 5.13. The third-order valence-corrected chi connectivity index (χ3v) is 2.14. The highest BCUT2D eigenvalue weighted by atomic mass is 36.0. The van der Waals surface area contributed by atoms with Crippen molar-refractivity contribution in [1.82, 2.24) is 0 Å². The molecular weight excluding hydrogens is 313 g/mol. The van der Waals surface area contributed by atoms with Crippen LogP contribution in [0, 0.1) is 0 Å². The van der Waals surface area contributed by atoms with Crippen molar-refractivity contribution in [2.24, 2.45) is 0 Å². The largest absolute Gasteiger partial charge is 0.317 e. The van der Waals surface area contributed by atoms with Gasteiger partial charge in [-0.1, -0.05) is 40.9 Å². The van der Waals surface area contributed by atoms with Crippen LogP contribution in [0.2, 0.25) is 15.1 Å². The van der Waals surface area contributed by atoms with Crippen molar-refractivity contribution < 1.29 is 8.42 Å². The van der Waals surface area contributed by atoms with Crippen molar-refractivity contribution in [3.63, 3.8) is 0 Å². The van der Waals surface area contributed by atoms with Crippen LogP contribution in [0.5, 0.6) is 0 Å². The fourth-order valence-corrected chi connectivity index (χ4v) is 1.00. The first-order chi connectivity index (χ1) is 6.22. The highest BCUT2D eigenvalue weighted by Gasteiger charge is 1.98. The van der Waals surface area contributed by atoms with Gasteiger partial charge in [-0.25, -0.2) is 0 Å². The average molecular weight is 316 g/mol. The van der Waals surface area contributed by atoms with Gasteiger partial charge >= 0.3 is 8.26 Å². The lowest BCUT2D eigenvalue weighted by Gasteiger charge is -1.94. The summed E-state index contributed by atoms with van der Waals surface area (Å²) < 4.78 is 18.3. The van der Waals surface area contributed by atoms with Crippen LogP contribution in [0.25, 0.3) is 0 Å². The van der Waals surface area contributed by atoms with Gasteiger partial charge in [0.2, 0.25) is 0 Å². The predicted molar refractivity (Wildman–Crippen MR) is 62.1 cm³/mol. The number of hydrogen-bond donors (Lipinski definition) is 0. The molecule has 0 heterocycles. The summed E-state index contributed by atoms with van der Waals surface area (Å²) in [6.07, 6.45) is 0. The van der Waals surface area contributed by atoms with Gasteiger partial charge < -0.3 is 0 Å². The molecule has 2 nitrogen and oxygen atoms in total. The van der Waals surface area contributed by atoms with Crippen LogP contribution in [0.1, 0.15) is 0 Å². The molecule has 80 valence electrons. The molecule has 14 heavy (non-hydrogen) atoms. The maximum absolute atomic E-state index is 9.16. The molecule has 0 aromatic heterocycles. The normalized spacial score (nSPS) is 10.4. The summed E-state index contributed by atoms with van der Waals surface area (Å²) in [5.41, 5.74) is 0. The summed E-state index contributed by atoms with van der Waals surface area (Å²) >= 11 is 16.8. The molecule has 0 bridgehead atoms. The second kappa shape index (κ2) is 6.26. The molecule has 0 saturated carbocycles. The molecule has 8 heteroatoms. The Bertz CT molecular complexity index is 374. The van der Waals surface area contributed by atoms with E-state index in [0.717, 1.165) is 0 Å². The van der Waals surface area contributed by atoms with Crippen LogP contribution in [0.15, 0.2) is 18.2 Å². The van der Waals surface area contributed by atoms with Crippen molar-refractivity contribution in [1.29, 1.82) is 0 Å². The summed E-state index contributed by atoms with van der Waals surface area (Å²) in [6.45, 7) is 0.